The van der Waals surface area contributed by atoms with Crippen molar-refractivity contribution in [2.75, 3.05) is 13.2 Å². The number of aliphatic hydroxyl groups excluding tert-OH is 1. The Bertz CT molecular complexity index is 567. The highest BCUT2D eigenvalue weighted by molar-refractivity contribution is 5.24. The number of hydrogen-bond donors (Lipinski definition) is 1. The normalized spacial score (nSPS) is 20.3. The predicted octanol–water partition coefficient (Wildman–Crippen LogP) is 4.21. The Balaban J connectivity index is 1.87. The molecule has 0 aliphatic carbocycles. The first kappa shape index (κ1) is 16.2. The molecule has 1 N–H and O–H groups in total. The first-order valence-electron chi connectivity index (χ1n) is 8.84. The van der Waals surface area contributed by atoms with Crippen molar-refractivity contribution in [3.8, 4) is 0 Å². The lowest BCUT2D eigenvalue weighted by Gasteiger charge is -2.41. The van der Waals surface area contributed by atoms with Gasteiger partial charge in [-0.25, -0.2) is 0 Å². The Labute approximate surface area is 139 Å². The number of benzene rings is 2. The number of rotatable bonds is 6. The molecular weight excluding hydrogens is 282 g/mol. The van der Waals surface area contributed by atoms with Gasteiger partial charge in [-0.05, 0) is 43.4 Å². The molecule has 23 heavy (non-hydrogen) atoms. The van der Waals surface area contributed by atoms with Crippen LogP contribution in [0.15, 0.2) is 60.7 Å². The first-order chi connectivity index (χ1) is 11.4. The van der Waals surface area contributed by atoms with Crippen LogP contribution in [0.1, 0.15) is 42.9 Å². The molecule has 1 aliphatic rings. The molecule has 0 aromatic heterocycles. The average Bonchev–Trinajstić information content (AvgIpc) is 2.62. The monoisotopic (exact) mass is 309 g/mol. The third-order valence-corrected chi connectivity index (χ3v) is 4.99. The molecule has 122 valence electrons. The summed E-state index contributed by atoms with van der Waals surface area (Å²) in [6.07, 6.45) is 5.68. The zero-order chi connectivity index (χ0) is 15.9. The van der Waals surface area contributed by atoms with E-state index >= 15 is 0 Å². The molecule has 0 spiro atoms. The largest absolute Gasteiger partial charge is 0.396 e. The van der Waals surface area contributed by atoms with Gasteiger partial charge in [-0.15, -0.1) is 0 Å². The van der Waals surface area contributed by atoms with Crippen LogP contribution in [0.2, 0.25) is 0 Å². The van der Waals surface area contributed by atoms with E-state index in [1.807, 2.05) is 0 Å². The van der Waals surface area contributed by atoms with Crippen molar-refractivity contribution < 1.29 is 5.11 Å². The van der Waals surface area contributed by atoms with Gasteiger partial charge in [-0.3, -0.25) is 4.90 Å². The Morgan fingerprint density at radius 3 is 2.35 bits per heavy atom. The van der Waals surface area contributed by atoms with Crippen LogP contribution in [0.4, 0.5) is 0 Å². The smallest absolute Gasteiger partial charge is 0.0445 e. The van der Waals surface area contributed by atoms with Crippen LogP contribution < -0.4 is 0 Å². The van der Waals surface area contributed by atoms with E-state index in [-0.39, 0.29) is 6.61 Å². The van der Waals surface area contributed by atoms with Gasteiger partial charge in [0.1, 0.15) is 0 Å². The Hall–Kier alpha value is -1.64. The summed E-state index contributed by atoms with van der Waals surface area (Å²) >= 11 is 0. The lowest BCUT2D eigenvalue weighted by atomic mass is 9.91. The summed E-state index contributed by atoms with van der Waals surface area (Å²) in [6, 6.07) is 22.5. The quantitative estimate of drug-likeness (QED) is 0.864. The van der Waals surface area contributed by atoms with Gasteiger partial charge in [0.05, 0.1) is 0 Å². The van der Waals surface area contributed by atoms with Crippen LogP contribution in [0, 0.1) is 0 Å². The Morgan fingerprint density at radius 2 is 1.65 bits per heavy atom. The molecule has 1 heterocycles. The SMILES string of the molecule is OCC[C@H]1CCCCN1[C@H](Cc1ccccc1)c1ccccc1. The average molecular weight is 309 g/mol. The van der Waals surface area contributed by atoms with Crippen LogP contribution in [-0.2, 0) is 6.42 Å². The minimum Gasteiger partial charge on any atom is -0.396 e. The first-order valence-corrected chi connectivity index (χ1v) is 8.84. The second kappa shape index (κ2) is 8.28. The second-order valence-electron chi connectivity index (χ2n) is 6.52. The van der Waals surface area contributed by atoms with E-state index in [9.17, 15) is 5.11 Å². The van der Waals surface area contributed by atoms with E-state index < -0.39 is 0 Å². The van der Waals surface area contributed by atoms with E-state index in [1.54, 1.807) is 0 Å². The maximum Gasteiger partial charge on any atom is 0.0445 e. The van der Waals surface area contributed by atoms with Gasteiger partial charge in [0.25, 0.3) is 0 Å². The van der Waals surface area contributed by atoms with E-state index in [2.05, 4.69) is 65.6 Å². The number of piperidine rings is 1. The fourth-order valence-electron chi connectivity index (χ4n) is 3.83. The highest BCUT2D eigenvalue weighted by atomic mass is 16.3. The van der Waals surface area contributed by atoms with Crippen molar-refractivity contribution in [3.63, 3.8) is 0 Å². The summed E-state index contributed by atoms with van der Waals surface area (Å²) in [6.45, 7) is 1.42. The summed E-state index contributed by atoms with van der Waals surface area (Å²) < 4.78 is 0. The van der Waals surface area contributed by atoms with Crippen LogP contribution in [0.5, 0.6) is 0 Å². The van der Waals surface area contributed by atoms with Crippen LogP contribution >= 0.6 is 0 Å². The number of aliphatic hydroxyl groups is 1. The second-order valence-corrected chi connectivity index (χ2v) is 6.52. The molecule has 1 fully saturated rings. The fraction of sp³-hybridized carbons (Fsp3) is 0.429. The molecule has 2 aromatic rings. The molecule has 2 atom stereocenters. The summed E-state index contributed by atoms with van der Waals surface area (Å²) in [5.74, 6) is 0. The molecule has 3 rings (SSSR count). The molecule has 0 bridgehead atoms. The number of hydrogen-bond acceptors (Lipinski definition) is 2. The third kappa shape index (κ3) is 4.21. The van der Waals surface area contributed by atoms with Gasteiger partial charge in [-0.1, -0.05) is 67.1 Å². The Kier molecular flexibility index (Phi) is 5.84. The molecule has 0 saturated carbocycles. The maximum absolute atomic E-state index is 9.45. The van der Waals surface area contributed by atoms with Crippen molar-refractivity contribution in [2.45, 2.75) is 44.2 Å². The summed E-state index contributed by atoms with van der Waals surface area (Å²) in [5.41, 5.74) is 2.77. The highest BCUT2D eigenvalue weighted by Crippen LogP contribution is 2.32. The molecule has 2 heteroatoms. The minimum atomic E-state index is 0.286. The molecule has 0 unspecified atom stereocenters. The molecule has 0 radical (unpaired) electrons. The molecule has 1 saturated heterocycles. The zero-order valence-electron chi connectivity index (χ0n) is 13.8. The highest BCUT2D eigenvalue weighted by Gasteiger charge is 2.29. The van der Waals surface area contributed by atoms with Crippen molar-refractivity contribution in [3.05, 3.63) is 71.8 Å². The van der Waals surface area contributed by atoms with Crippen molar-refractivity contribution in [1.29, 1.82) is 0 Å². The maximum atomic E-state index is 9.45. The van der Waals surface area contributed by atoms with Gasteiger partial charge in [0.2, 0.25) is 0 Å². The lowest BCUT2D eigenvalue weighted by Crippen LogP contribution is -2.43. The minimum absolute atomic E-state index is 0.286. The van der Waals surface area contributed by atoms with E-state index in [4.69, 9.17) is 0 Å². The Morgan fingerprint density at radius 1 is 0.957 bits per heavy atom. The van der Waals surface area contributed by atoms with Gasteiger partial charge < -0.3 is 5.11 Å². The zero-order valence-corrected chi connectivity index (χ0v) is 13.8. The van der Waals surface area contributed by atoms with Crippen LogP contribution in [0.3, 0.4) is 0 Å². The topological polar surface area (TPSA) is 23.5 Å². The predicted molar refractivity (Wildman–Crippen MR) is 95.4 cm³/mol. The van der Waals surface area contributed by atoms with Gasteiger partial charge >= 0.3 is 0 Å². The van der Waals surface area contributed by atoms with Crippen molar-refractivity contribution in [2.24, 2.45) is 0 Å². The molecule has 0 amide bonds. The van der Waals surface area contributed by atoms with Crippen molar-refractivity contribution in [1.82, 2.24) is 4.90 Å². The summed E-state index contributed by atoms with van der Waals surface area (Å²) in [4.78, 5) is 2.64. The third-order valence-electron chi connectivity index (χ3n) is 4.99. The molecular formula is C21H27NO. The van der Waals surface area contributed by atoms with E-state index in [1.165, 1.54) is 30.4 Å². The standard InChI is InChI=1S/C21H27NO/c23-16-14-20-13-7-8-15-22(20)21(19-11-5-2-6-12-19)17-18-9-3-1-4-10-18/h1-6,9-12,20-21,23H,7-8,13-17H2/t20-,21-/m1/s1. The molecule has 2 nitrogen and oxygen atoms in total. The molecule has 2 aromatic carbocycles. The van der Waals surface area contributed by atoms with Gasteiger partial charge in [-0.2, -0.15) is 0 Å². The summed E-state index contributed by atoms with van der Waals surface area (Å²) in [5, 5.41) is 9.45. The van der Waals surface area contributed by atoms with E-state index in [0.29, 0.717) is 12.1 Å². The van der Waals surface area contributed by atoms with Crippen LogP contribution in [-0.4, -0.2) is 29.2 Å². The number of likely N-dealkylation sites (tertiary alicyclic amines) is 1. The number of nitrogens with zero attached hydrogens (tertiary/aromatic N) is 1. The van der Waals surface area contributed by atoms with Crippen LogP contribution in [0.25, 0.3) is 0 Å². The van der Waals surface area contributed by atoms with Gasteiger partial charge in [0, 0.05) is 18.7 Å². The summed E-state index contributed by atoms with van der Waals surface area (Å²) in [7, 11) is 0. The van der Waals surface area contributed by atoms with Crippen molar-refractivity contribution >= 4 is 0 Å². The lowest BCUT2D eigenvalue weighted by molar-refractivity contribution is 0.0747. The van der Waals surface area contributed by atoms with Gasteiger partial charge in [0.15, 0.2) is 0 Å². The molecule has 1 aliphatic heterocycles. The fourth-order valence-corrected chi connectivity index (χ4v) is 3.83. The van der Waals surface area contributed by atoms with E-state index in [0.717, 1.165) is 19.4 Å².